The van der Waals surface area contributed by atoms with Gasteiger partial charge >= 0.3 is 0 Å². The maximum Gasteiger partial charge on any atom is 0.253 e. The summed E-state index contributed by atoms with van der Waals surface area (Å²) in [5.41, 5.74) is 4.12. The van der Waals surface area contributed by atoms with Gasteiger partial charge in [0.05, 0.1) is 11.4 Å². The Bertz CT molecular complexity index is 693. The summed E-state index contributed by atoms with van der Waals surface area (Å²) in [6.07, 6.45) is 0. The van der Waals surface area contributed by atoms with E-state index in [9.17, 15) is 0 Å². The Morgan fingerprint density at radius 1 is 0.818 bits per heavy atom. The molecule has 0 aliphatic carbocycles. The molecule has 1 heterocycles. The lowest BCUT2D eigenvalue weighted by molar-refractivity contribution is 0.474. The van der Waals surface area contributed by atoms with E-state index < -0.39 is 0 Å². The van der Waals surface area contributed by atoms with Crippen molar-refractivity contribution < 1.29 is 4.74 Å². The minimum Gasteiger partial charge on any atom is -0.430 e. The fourth-order valence-electron chi connectivity index (χ4n) is 1.94. The maximum absolute atomic E-state index is 5.59. The van der Waals surface area contributed by atoms with Gasteiger partial charge in [-0.05, 0) is 56.5 Å². The molecule has 2 aromatic rings. The van der Waals surface area contributed by atoms with Crippen molar-refractivity contribution in [2.45, 2.75) is 13.8 Å². The molecular formula is C18H16N2OS. The Labute approximate surface area is 134 Å². The number of nitrogens with zero attached hydrogens (tertiary/aromatic N) is 2. The van der Waals surface area contributed by atoms with Gasteiger partial charge in [0.15, 0.2) is 10.1 Å². The predicted octanol–water partition coefficient (Wildman–Crippen LogP) is 5.30. The quantitative estimate of drug-likeness (QED) is 0.754. The SMILES string of the molecule is C=C1OC(=Nc2ccc(C)cc2)C(=Nc2ccc(C)cc2)S1. The Kier molecular flexibility index (Phi) is 4.11. The third kappa shape index (κ3) is 3.46. The largest absolute Gasteiger partial charge is 0.430 e. The summed E-state index contributed by atoms with van der Waals surface area (Å²) in [5, 5.41) is 1.33. The van der Waals surface area contributed by atoms with Crippen molar-refractivity contribution in [2.24, 2.45) is 9.98 Å². The van der Waals surface area contributed by atoms with Crippen LogP contribution in [0, 0.1) is 13.8 Å². The average molecular weight is 308 g/mol. The summed E-state index contributed by atoms with van der Waals surface area (Å²) in [7, 11) is 0. The molecule has 0 aromatic heterocycles. The van der Waals surface area contributed by atoms with Crippen LogP contribution in [0.25, 0.3) is 0 Å². The van der Waals surface area contributed by atoms with Crippen LogP contribution < -0.4 is 0 Å². The lowest BCUT2D eigenvalue weighted by Gasteiger charge is -2.00. The molecule has 110 valence electrons. The molecule has 0 atom stereocenters. The van der Waals surface area contributed by atoms with Gasteiger partial charge in [-0.2, -0.15) is 0 Å². The maximum atomic E-state index is 5.59. The molecular weight excluding hydrogens is 292 g/mol. The van der Waals surface area contributed by atoms with Gasteiger partial charge in [0, 0.05) is 0 Å². The summed E-state index contributed by atoms with van der Waals surface area (Å²) in [6, 6.07) is 16.0. The highest BCUT2D eigenvalue weighted by atomic mass is 32.2. The number of hydrogen-bond acceptors (Lipinski definition) is 4. The highest BCUT2D eigenvalue weighted by Crippen LogP contribution is 2.31. The topological polar surface area (TPSA) is 34.0 Å². The molecule has 1 aliphatic rings. The van der Waals surface area contributed by atoms with Crippen LogP contribution in [-0.4, -0.2) is 10.9 Å². The molecule has 1 saturated heterocycles. The first kappa shape index (κ1) is 14.6. The molecule has 0 spiro atoms. The van der Waals surface area contributed by atoms with Crippen molar-refractivity contribution in [3.05, 3.63) is 71.3 Å². The molecule has 3 nitrogen and oxygen atoms in total. The number of benzene rings is 2. The van der Waals surface area contributed by atoms with E-state index in [4.69, 9.17) is 4.74 Å². The second kappa shape index (κ2) is 6.20. The number of ether oxygens (including phenoxy) is 1. The van der Waals surface area contributed by atoms with Gasteiger partial charge in [-0.25, -0.2) is 9.98 Å². The van der Waals surface area contributed by atoms with Gasteiger partial charge in [0.1, 0.15) is 0 Å². The molecule has 3 rings (SSSR count). The van der Waals surface area contributed by atoms with E-state index in [1.54, 1.807) is 0 Å². The van der Waals surface area contributed by atoms with Gasteiger partial charge in [-0.1, -0.05) is 35.4 Å². The molecule has 4 heteroatoms. The van der Waals surface area contributed by atoms with Gasteiger partial charge in [0.25, 0.3) is 5.90 Å². The van der Waals surface area contributed by atoms with Crippen molar-refractivity contribution in [1.82, 2.24) is 0 Å². The fourth-order valence-corrected chi connectivity index (χ4v) is 2.60. The molecule has 1 aliphatic heterocycles. The summed E-state index contributed by atoms with van der Waals surface area (Å²) in [4.78, 5) is 9.13. The van der Waals surface area contributed by atoms with Crippen molar-refractivity contribution in [3.63, 3.8) is 0 Å². The molecule has 0 bridgehead atoms. The van der Waals surface area contributed by atoms with E-state index >= 15 is 0 Å². The van der Waals surface area contributed by atoms with Crippen LogP contribution in [-0.2, 0) is 4.74 Å². The highest BCUT2D eigenvalue weighted by Gasteiger charge is 2.24. The Hall–Kier alpha value is -2.33. The van der Waals surface area contributed by atoms with Crippen LogP contribution in [0.4, 0.5) is 11.4 Å². The summed E-state index contributed by atoms with van der Waals surface area (Å²) in [5.74, 6) is 0.499. The molecule has 1 fully saturated rings. The summed E-state index contributed by atoms with van der Waals surface area (Å²) >= 11 is 1.40. The average Bonchev–Trinajstić information content (AvgIpc) is 2.83. The second-order valence-corrected chi connectivity index (χ2v) is 6.13. The molecule has 0 amide bonds. The lowest BCUT2D eigenvalue weighted by atomic mass is 10.2. The number of hydrogen-bond donors (Lipinski definition) is 0. The van der Waals surface area contributed by atoms with Crippen molar-refractivity contribution in [1.29, 1.82) is 0 Å². The molecule has 22 heavy (non-hydrogen) atoms. The third-order valence-corrected chi connectivity index (χ3v) is 3.90. The van der Waals surface area contributed by atoms with Gasteiger partial charge in [-0.3, -0.25) is 0 Å². The van der Waals surface area contributed by atoms with Gasteiger partial charge < -0.3 is 4.74 Å². The monoisotopic (exact) mass is 308 g/mol. The zero-order valence-corrected chi connectivity index (χ0v) is 13.4. The first-order valence-electron chi connectivity index (χ1n) is 6.96. The van der Waals surface area contributed by atoms with Crippen molar-refractivity contribution >= 4 is 34.1 Å². The van der Waals surface area contributed by atoms with Gasteiger partial charge in [-0.15, -0.1) is 0 Å². The Balaban J connectivity index is 1.93. The lowest BCUT2D eigenvalue weighted by Crippen LogP contribution is -2.04. The van der Waals surface area contributed by atoms with Crippen LogP contribution >= 0.6 is 11.8 Å². The molecule has 2 aromatic carbocycles. The summed E-state index contributed by atoms with van der Waals surface area (Å²) < 4.78 is 5.59. The predicted molar refractivity (Wildman–Crippen MR) is 94.4 cm³/mol. The number of rotatable bonds is 2. The molecule has 0 unspecified atom stereocenters. The van der Waals surface area contributed by atoms with E-state index in [-0.39, 0.29) is 0 Å². The summed E-state index contributed by atoms with van der Waals surface area (Å²) in [6.45, 7) is 7.94. The third-order valence-electron chi connectivity index (χ3n) is 3.13. The zero-order chi connectivity index (χ0) is 15.5. The molecule has 0 radical (unpaired) electrons. The minimum atomic E-state index is 0.499. The zero-order valence-electron chi connectivity index (χ0n) is 12.5. The van der Waals surface area contributed by atoms with Crippen molar-refractivity contribution in [2.75, 3.05) is 0 Å². The Morgan fingerprint density at radius 3 is 1.86 bits per heavy atom. The highest BCUT2D eigenvalue weighted by molar-refractivity contribution is 8.19. The first-order chi connectivity index (χ1) is 10.6. The van der Waals surface area contributed by atoms with E-state index in [0.717, 1.165) is 16.4 Å². The molecule has 0 N–H and O–H groups in total. The van der Waals surface area contributed by atoms with Crippen LogP contribution in [0.2, 0.25) is 0 Å². The fraction of sp³-hybridized carbons (Fsp3) is 0.111. The minimum absolute atomic E-state index is 0.499. The standard InChI is InChI=1S/C18H16N2OS/c1-12-4-8-15(9-5-12)19-17-18(22-14(3)21-17)20-16-10-6-13(2)7-11-16/h4-11H,3H2,1-2H3. The number of aliphatic imine (C=N–C) groups is 2. The van der Waals surface area contributed by atoms with E-state index in [2.05, 4.69) is 23.5 Å². The Morgan fingerprint density at radius 2 is 1.32 bits per heavy atom. The van der Waals surface area contributed by atoms with E-state index in [0.29, 0.717) is 11.0 Å². The molecule has 0 saturated carbocycles. The van der Waals surface area contributed by atoms with E-state index in [1.807, 2.05) is 55.5 Å². The first-order valence-corrected chi connectivity index (χ1v) is 7.77. The van der Waals surface area contributed by atoms with Crippen LogP contribution in [0.15, 0.2) is 70.2 Å². The number of thioether (sulfide) groups is 1. The number of aryl methyl sites for hydroxylation is 2. The normalized spacial score (nSPS) is 18.0. The van der Waals surface area contributed by atoms with Crippen molar-refractivity contribution in [3.8, 4) is 0 Å². The van der Waals surface area contributed by atoms with Crippen LogP contribution in [0.5, 0.6) is 0 Å². The van der Waals surface area contributed by atoms with E-state index in [1.165, 1.54) is 22.9 Å². The second-order valence-electron chi connectivity index (χ2n) is 5.08. The van der Waals surface area contributed by atoms with Gasteiger partial charge in [0.2, 0.25) is 0 Å². The van der Waals surface area contributed by atoms with Crippen LogP contribution in [0.3, 0.4) is 0 Å². The smallest absolute Gasteiger partial charge is 0.253 e. The van der Waals surface area contributed by atoms with Crippen LogP contribution in [0.1, 0.15) is 11.1 Å².